The standard InChI is InChI=1S/C16H26N2O2/c1-3-16(20,4-2)12-18-15(19)14(17)11-10-13-8-6-5-7-9-13/h5-9,14,20H,3-4,10-12,17H2,1-2H3,(H,18,19)/t14-/m0/s1. The molecule has 0 fully saturated rings. The molecule has 1 rings (SSSR count). The van der Waals surface area contributed by atoms with Gasteiger partial charge in [0.1, 0.15) is 0 Å². The minimum atomic E-state index is -0.825. The molecule has 1 amide bonds. The highest BCUT2D eigenvalue weighted by Crippen LogP contribution is 2.13. The normalized spacial score (nSPS) is 13.0. The van der Waals surface area contributed by atoms with E-state index in [-0.39, 0.29) is 12.5 Å². The Hall–Kier alpha value is -1.39. The first-order valence-corrected chi connectivity index (χ1v) is 7.30. The van der Waals surface area contributed by atoms with E-state index in [1.54, 1.807) is 0 Å². The summed E-state index contributed by atoms with van der Waals surface area (Å²) in [5, 5.41) is 12.9. The third-order valence-electron chi connectivity index (χ3n) is 3.83. The summed E-state index contributed by atoms with van der Waals surface area (Å²) in [7, 11) is 0. The Morgan fingerprint density at radius 1 is 1.30 bits per heavy atom. The zero-order valence-electron chi connectivity index (χ0n) is 12.4. The lowest BCUT2D eigenvalue weighted by molar-refractivity contribution is -0.123. The summed E-state index contributed by atoms with van der Waals surface area (Å²) in [4.78, 5) is 11.9. The summed E-state index contributed by atoms with van der Waals surface area (Å²) in [6.07, 6.45) is 2.61. The van der Waals surface area contributed by atoms with E-state index in [1.165, 1.54) is 5.56 Å². The molecule has 0 aliphatic heterocycles. The van der Waals surface area contributed by atoms with Gasteiger partial charge in [-0.05, 0) is 31.2 Å². The molecule has 1 aromatic rings. The van der Waals surface area contributed by atoms with Crippen molar-refractivity contribution in [1.29, 1.82) is 0 Å². The number of amides is 1. The van der Waals surface area contributed by atoms with Gasteiger partial charge in [0.25, 0.3) is 0 Å². The molecule has 1 atom stereocenters. The second-order valence-electron chi connectivity index (χ2n) is 5.28. The van der Waals surface area contributed by atoms with E-state index >= 15 is 0 Å². The number of aliphatic hydroxyl groups is 1. The van der Waals surface area contributed by atoms with Gasteiger partial charge in [-0.25, -0.2) is 0 Å². The van der Waals surface area contributed by atoms with Crippen molar-refractivity contribution in [1.82, 2.24) is 5.32 Å². The fraction of sp³-hybridized carbons (Fsp3) is 0.562. The Balaban J connectivity index is 2.36. The number of aryl methyl sites for hydroxylation is 1. The predicted molar refractivity (Wildman–Crippen MR) is 81.3 cm³/mol. The van der Waals surface area contributed by atoms with E-state index < -0.39 is 11.6 Å². The number of nitrogens with two attached hydrogens (primary N) is 1. The van der Waals surface area contributed by atoms with Crippen LogP contribution < -0.4 is 11.1 Å². The van der Waals surface area contributed by atoms with Gasteiger partial charge in [-0.3, -0.25) is 4.79 Å². The van der Waals surface area contributed by atoms with E-state index in [2.05, 4.69) is 5.32 Å². The van der Waals surface area contributed by atoms with Crippen molar-refractivity contribution in [2.45, 2.75) is 51.2 Å². The lowest BCUT2D eigenvalue weighted by Crippen LogP contribution is -2.48. The quantitative estimate of drug-likeness (QED) is 0.676. The molecule has 0 aliphatic rings. The number of nitrogens with one attached hydrogen (secondary N) is 1. The Bertz CT molecular complexity index is 402. The molecule has 4 heteroatoms. The average molecular weight is 278 g/mol. The zero-order chi connectivity index (χ0) is 15.0. The maximum Gasteiger partial charge on any atom is 0.237 e. The van der Waals surface area contributed by atoms with E-state index in [4.69, 9.17) is 5.73 Å². The van der Waals surface area contributed by atoms with Gasteiger partial charge in [0, 0.05) is 6.54 Å². The van der Waals surface area contributed by atoms with Crippen LogP contribution in [0.25, 0.3) is 0 Å². The molecule has 0 aliphatic carbocycles. The second-order valence-corrected chi connectivity index (χ2v) is 5.28. The topological polar surface area (TPSA) is 75.3 Å². The van der Waals surface area contributed by atoms with E-state index in [9.17, 15) is 9.90 Å². The lowest BCUT2D eigenvalue weighted by atomic mass is 9.97. The van der Waals surface area contributed by atoms with Crippen LogP contribution >= 0.6 is 0 Å². The van der Waals surface area contributed by atoms with Gasteiger partial charge >= 0.3 is 0 Å². The van der Waals surface area contributed by atoms with Gasteiger partial charge in [-0.2, -0.15) is 0 Å². The third-order valence-corrected chi connectivity index (χ3v) is 3.83. The predicted octanol–water partition coefficient (Wildman–Crippen LogP) is 1.61. The number of hydrogen-bond donors (Lipinski definition) is 3. The molecular formula is C16H26N2O2. The fourth-order valence-electron chi connectivity index (χ4n) is 1.98. The number of carbonyl (C=O) groups excluding carboxylic acids is 1. The third kappa shape index (κ3) is 5.31. The van der Waals surface area contributed by atoms with E-state index in [1.807, 2.05) is 44.2 Å². The Morgan fingerprint density at radius 2 is 1.90 bits per heavy atom. The van der Waals surface area contributed by atoms with E-state index in [0.717, 1.165) is 6.42 Å². The average Bonchev–Trinajstić information content (AvgIpc) is 2.50. The van der Waals surface area contributed by atoms with E-state index in [0.29, 0.717) is 19.3 Å². The van der Waals surface area contributed by atoms with Crippen molar-refractivity contribution >= 4 is 5.91 Å². The van der Waals surface area contributed by atoms with Crippen LogP contribution in [0.2, 0.25) is 0 Å². The molecule has 4 nitrogen and oxygen atoms in total. The van der Waals surface area contributed by atoms with Crippen molar-refractivity contribution in [2.24, 2.45) is 5.73 Å². The molecule has 0 spiro atoms. The largest absolute Gasteiger partial charge is 0.388 e. The van der Waals surface area contributed by atoms with Gasteiger partial charge in [0.05, 0.1) is 11.6 Å². The van der Waals surface area contributed by atoms with Crippen molar-refractivity contribution < 1.29 is 9.90 Å². The number of rotatable bonds is 8. The Kier molecular flexibility index (Phi) is 6.68. The number of benzene rings is 1. The van der Waals surface area contributed by atoms with Crippen LogP contribution in [0.15, 0.2) is 30.3 Å². The maximum atomic E-state index is 11.9. The first kappa shape index (κ1) is 16.7. The van der Waals surface area contributed by atoms with Crippen molar-refractivity contribution in [3.05, 3.63) is 35.9 Å². The van der Waals surface area contributed by atoms with Gasteiger partial charge in [0.15, 0.2) is 0 Å². The Labute approximate surface area is 121 Å². The molecular weight excluding hydrogens is 252 g/mol. The van der Waals surface area contributed by atoms with Crippen LogP contribution in [0, 0.1) is 0 Å². The summed E-state index contributed by atoms with van der Waals surface area (Å²) in [6.45, 7) is 4.08. The molecule has 0 aromatic heterocycles. The minimum Gasteiger partial charge on any atom is -0.388 e. The van der Waals surface area contributed by atoms with Crippen molar-refractivity contribution in [3.8, 4) is 0 Å². The maximum absolute atomic E-state index is 11.9. The molecule has 0 saturated carbocycles. The highest BCUT2D eigenvalue weighted by molar-refractivity contribution is 5.81. The van der Waals surface area contributed by atoms with Crippen LogP contribution in [0.4, 0.5) is 0 Å². The minimum absolute atomic E-state index is 0.193. The first-order chi connectivity index (χ1) is 9.50. The monoisotopic (exact) mass is 278 g/mol. The fourth-order valence-corrected chi connectivity index (χ4v) is 1.98. The summed E-state index contributed by atoms with van der Waals surface area (Å²) >= 11 is 0. The second kappa shape index (κ2) is 8.02. The molecule has 4 N–H and O–H groups in total. The molecule has 112 valence electrons. The number of carbonyl (C=O) groups is 1. The van der Waals surface area contributed by atoms with Gasteiger partial charge < -0.3 is 16.2 Å². The Morgan fingerprint density at radius 3 is 2.45 bits per heavy atom. The zero-order valence-corrected chi connectivity index (χ0v) is 12.4. The first-order valence-electron chi connectivity index (χ1n) is 7.30. The number of hydrogen-bond acceptors (Lipinski definition) is 3. The highest BCUT2D eigenvalue weighted by atomic mass is 16.3. The molecule has 1 aromatic carbocycles. The van der Waals surface area contributed by atoms with Crippen LogP contribution in [-0.4, -0.2) is 29.2 Å². The van der Waals surface area contributed by atoms with Crippen LogP contribution in [-0.2, 0) is 11.2 Å². The van der Waals surface area contributed by atoms with Gasteiger partial charge in [-0.15, -0.1) is 0 Å². The molecule has 20 heavy (non-hydrogen) atoms. The molecule has 0 unspecified atom stereocenters. The smallest absolute Gasteiger partial charge is 0.237 e. The molecule has 0 heterocycles. The summed E-state index contributed by atoms with van der Waals surface area (Å²) in [6, 6.07) is 9.43. The van der Waals surface area contributed by atoms with Crippen LogP contribution in [0.1, 0.15) is 38.7 Å². The lowest BCUT2D eigenvalue weighted by Gasteiger charge is -2.26. The SMILES string of the molecule is CCC(O)(CC)CNC(=O)[C@@H](N)CCc1ccccc1. The summed E-state index contributed by atoms with van der Waals surface area (Å²) < 4.78 is 0. The van der Waals surface area contributed by atoms with Gasteiger partial charge in [0.2, 0.25) is 5.91 Å². The molecule has 0 bridgehead atoms. The summed E-state index contributed by atoms with van der Waals surface area (Å²) in [5.41, 5.74) is 6.23. The van der Waals surface area contributed by atoms with Crippen molar-refractivity contribution in [2.75, 3.05) is 6.54 Å². The van der Waals surface area contributed by atoms with Crippen molar-refractivity contribution in [3.63, 3.8) is 0 Å². The van der Waals surface area contributed by atoms with Gasteiger partial charge in [-0.1, -0.05) is 44.2 Å². The molecule has 0 radical (unpaired) electrons. The summed E-state index contributed by atoms with van der Waals surface area (Å²) in [5.74, 6) is -0.193. The van der Waals surface area contributed by atoms with Crippen LogP contribution in [0.5, 0.6) is 0 Å². The van der Waals surface area contributed by atoms with Crippen LogP contribution in [0.3, 0.4) is 0 Å². The highest BCUT2D eigenvalue weighted by Gasteiger charge is 2.24. The molecule has 0 saturated heterocycles.